The van der Waals surface area contributed by atoms with Crippen molar-refractivity contribution in [1.82, 2.24) is 5.32 Å². The van der Waals surface area contributed by atoms with E-state index >= 15 is 0 Å². The van der Waals surface area contributed by atoms with Gasteiger partial charge < -0.3 is 15.2 Å². The Balaban J connectivity index is 1.90. The van der Waals surface area contributed by atoms with E-state index in [1.807, 2.05) is 19.1 Å². The lowest BCUT2D eigenvalue weighted by Crippen LogP contribution is -2.37. The molecule has 2 aromatic rings. The van der Waals surface area contributed by atoms with Gasteiger partial charge in [-0.05, 0) is 49.5 Å². The van der Waals surface area contributed by atoms with Gasteiger partial charge in [-0.15, -0.1) is 0 Å². The number of halogens is 1. The Bertz CT molecular complexity index is 809. The predicted octanol–water partition coefficient (Wildman–Crippen LogP) is 3.24. The van der Waals surface area contributed by atoms with Gasteiger partial charge in [-0.1, -0.05) is 29.3 Å². The second kappa shape index (κ2) is 8.46. The highest BCUT2D eigenvalue weighted by Crippen LogP contribution is 2.20. The molecule has 8 heteroatoms. The van der Waals surface area contributed by atoms with Gasteiger partial charge in [0.15, 0.2) is 11.7 Å². The summed E-state index contributed by atoms with van der Waals surface area (Å²) in [5.41, 5.74) is 1.25. The third-order valence-electron chi connectivity index (χ3n) is 3.10. The Morgan fingerprint density at radius 3 is 2.52 bits per heavy atom. The van der Waals surface area contributed by atoms with Crippen LogP contribution in [-0.2, 0) is 4.79 Å². The number of aryl methyl sites for hydroxylation is 1. The smallest absolute Gasteiger partial charge is 0.337 e. The lowest BCUT2D eigenvalue weighted by Gasteiger charge is -2.12. The molecule has 0 saturated heterocycles. The topological polar surface area (TPSA) is 87.7 Å². The van der Waals surface area contributed by atoms with Crippen molar-refractivity contribution in [3.63, 3.8) is 0 Å². The summed E-state index contributed by atoms with van der Waals surface area (Å²) in [6.45, 7) is 1.72. The van der Waals surface area contributed by atoms with Crippen LogP contribution in [-0.4, -0.2) is 28.7 Å². The summed E-state index contributed by atoms with van der Waals surface area (Å²) in [6.07, 6.45) is 0. The Kier molecular flexibility index (Phi) is 6.32. The van der Waals surface area contributed by atoms with Crippen LogP contribution in [0.25, 0.3) is 0 Å². The fraction of sp³-hybridized carbons (Fsp3) is 0.118. The number of aromatic carboxylic acids is 1. The number of hydrogen-bond donors (Lipinski definition) is 3. The molecule has 0 aliphatic carbocycles. The van der Waals surface area contributed by atoms with Gasteiger partial charge in [-0.25, -0.2) is 4.79 Å². The number of anilines is 1. The van der Waals surface area contributed by atoms with Crippen LogP contribution in [0.15, 0.2) is 42.5 Å². The molecule has 1 amide bonds. The average Bonchev–Trinajstić information content (AvgIpc) is 2.55. The van der Waals surface area contributed by atoms with Gasteiger partial charge in [0.1, 0.15) is 5.75 Å². The Hall–Kier alpha value is -2.64. The normalized spacial score (nSPS) is 10.0. The molecule has 0 atom stereocenters. The molecule has 0 radical (unpaired) electrons. The monoisotopic (exact) mass is 378 g/mol. The van der Waals surface area contributed by atoms with Crippen molar-refractivity contribution in [3.8, 4) is 5.75 Å². The van der Waals surface area contributed by atoms with Crippen molar-refractivity contribution >= 4 is 46.5 Å². The summed E-state index contributed by atoms with van der Waals surface area (Å²) in [7, 11) is 0. The maximum atomic E-state index is 11.9. The molecule has 2 rings (SSSR count). The van der Waals surface area contributed by atoms with E-state index in [9.17, 15) is 9.59 Å². The third kappa shape index (κ3) is 5.74. The minimum atomic E-state index is -1.16. The number of benzene rings is 2. The molecule has 0 spiro atoms. The number of amides is 1. The Morgan fingerprint density at radius 2 is 1.88 bits per heavy atom. The van der Waals surface area contributed by atoms with Crippen LogP contribution in [0.2, 0.25) is 5.02 Å². The molecular formula is C17H15ClN2O4S. The number of hydrogen-bond acceptors (Lipinski definition) is 4. The molecule has 0 aromatic heterocycles. The van der Waals surface area contributed by atoms with E-state index in [0.29, 0.717) is 5.75 Å². The van der Waals surface area contributed by atoms with Crippen LogP contribution in [0.3, 0.4) is 0 Å². The number of carboxylic acid groups (broad SMARTS) is 1. The van der Waals surface area contributed by atoms with E-state index in [2.05, 4.69) is 10.6 Å². The highest BCUT2D eigenvalue weighted by Gasteiger charge is 2.13. The molecular weight excluding hydrogens is 364 g/mol. The van der Waals surface area contributed by atoms with Crippen molar-refractivity contribution in [2.24, 2.45) is 0 Å². The van der Waals surface area contributed by atoms with E-state index < -0.39 is 11.9 Å². The average molecular weight is 379 g/mol. The zero-order valence-corrected chi connectivity index (χ0v) is 14.8. The van der Waals surface area contributed by atoms with E-state index in [1.165, 1.54) is 18.2 Å². The summed E-state index contributed by atoms with van der Waals surface area (Å²) in [4.78, 5) is 23.1. The second-order valence-corrected chi connectivity index (χ2v) is 5.94. The summed E-state index contributed by atoms with van der Waals surface area (Å²) < 4.78 is 5.34. The number of rotatable bonds is 5. The minimum absolute atomic E-state index is 0.0395. The molecule has 0 unspecified atom stereocenters. The van der Waals surface area contributed by atoms with Crippen molar-refractivity contribution in [2.45, 2.75) is 6.92 Å². The standard InChI is InChI=1S/C17H15ClN2O4S/c1-10-2-5-12(6-3-10)24-9-15(21)20-17(25)19-14-7-4-11(18)8-13(14)16(22)23/h2-8H,9H2,1H3,(H,22,23)(H2,19,20,21,25). The maximum Gasteiger partial charge on any atom is 0.337 e. The molecule has 0 saturated carbocycles. The summed E-state index contributed by atoms with van der Waals surface area (Å²) in [5.74, 6) is -1.07. The van der Waals surface area contributed by atoms with Gasteiger partial charge in [-0.2, -0.15) is 0 Å². The summed E-state index contributed by atoms with van der Waals surface area (Å²) in [5, 5.41) is 14.5. The maximum absolute atomic E-state index is 11.9. The quantitative estimate of drug-likeness (QED) is 0.692. The summed E-state index contributed by atoms with van der Waals surface area (Å²) >= 11 is 10.8. The molecule has 0 bridgehead atoms. The lowest BCUT2D eigenvalue weighted by molar-refractivity contribution is -0.121. The molecule has 25 heavy (non-hydrogen) atoms. The Labute approximate surface area is 154 Å². The first-order valence-corrected chi connectivity index (χ1v) is 7.97. The van der Waals surface area contributed by atoms with Crippen molar-refractivity contribution in [2.75, 3.05) is 11.9 Å². The second-order valence-electron chi connectivity index (χ2n) is 5.10. The first kappa shape index (κ1) is 18.7. The van der Waals surface area contributed by atoms with Crippen LogP contribution in [0.1, 0.15) is 15.9 Å². The number of carboxylic acids is 1. The Morgan fingerprint density at radius 1 is 1.20 bits per heavy atom. The van der Waals surface area contributed by atoms with Gasteiger partial charge in [0, 0.05) is 5.02 Å². The molecule has 0 aliphatic rings. The minimum Gasteiger partial charge on any atom is -0.484 e. The molecule has 2 aromatic carbocycles. The molecule has 6 nitrogen and oxygen atoms in total. The highest BCUT2D eigenvalue weighted by atomic mass is 35.5. The van der Waals surface area contributed by atoms with Gasteiger partial charge in [0.25, 0.3) is 5.91 Å². The van der Waals surface area contributed by atoms with Crippen molar-refractivity contribution < 1.29 is 19.4 Å². The SMILES string of the molecule is Cc1ccc(OCC(=O)NC(=S)Nc2ccc(Cl)cc2C(=O)O)cc1. The van der Waals surface area contributed by atoms with Crippen molar-refractivity contribution in [3.05, 3.63) is 58.6 Å². The van der Waals surface area contributed by atoms with Crippen LogP contribution >= 0.6 is 23.8 Å². The largest absolute Gasteiger partial charge is 0.484 e. The lowest BCUT2D eigenvalue weighted by atomic mass is 10.2. The van der Waals surface area contributed by atoms with Crippen molar-refractivity contribution in [1.29, 1.82) is 0 Å². The van der Waals surface area contributed by atoms with Crippen LogP contribution in [0, 0.1) is 6.92 Å². The summed E-state index contributed by atoms with van der Waals surface area (Å²) in [6, 6.07) is 11.5. The molecule has 130 valence electrons. The number of thiocarbonyl (C=S) groups is 1. The fourth-order valence-electron chi connectivity index (χ4n) is 1.90. The number of ether oxygens (including phenoxy) is 1. The van der Waals surface area contributed by atoms with E-state index in [-0.39, 0.29) is 28.0 Å². The number of nitrogens with one attached hydrogen (secondary N) is 2. The zero-order valence-electron chi connectivity index (χ0n) is 13.2. The van der Waals surface area contributed by atoms with Gasteiger partial charge in [-0.3, -0.25) is 10.1 Å². The zero-order chi connectivity index (χ0) is 18.4. The van der Waals surface area contributed by atoms with E-state index in [1.54, 1.807) is 12.1 Å². The molecule has 0 fully saturated rings. The number of carbonyl (C=O) groups excluding carboxylic acids is 1. The van der Waals surface area contributed by atoms with Gasteiger partial charge >= 0.3 is 5.97 Å². The molecule has 0 heterocycles. The highest BCUT2D eigenvalue weighted by molar-refractivity contribution is 7.80. The van der Waals surface area contributed by atoms with Gasteiger partial charge in [0.05, 0.1) is 11.3 Å². The van der Waals surface area contributed by atoms with E-state index in [4.69, 9.17) is 33.7 Å². The van der Waals surface area contributed by atoms with Crippen LogP contribution < -0.4 is 15.4 Å². The fourth-order valence-corrected chi connectivity index (χ4v) is 2.30. The molecule has 3 N–H and O–H groups in total. The third-order valence-corrected chi connectivity index (χ3v) is 3.54. The van der Waals surface area contributed by atoms with E-state index in [0.717, 1.165) is 5.56 Å². The van der Waals surface area contributed by atoms with Crippen LogP contribution in [0.5, 0.6) is 5.75 Å². The predicted molar refractivity (Wildman–Crippen MR) is 99.4 cm³/mol. The van der Waals surface area contributed by atoms with Crippen LogP contribution in [0.4, 0.5) is 5.69 Å². The molecule has 0 aliphatic heterocycles. The number of carbonyl (C=O) groups is 2. The first-order chi connectivity index (χ1) is 11.8. The van der Waals surface area contributed by atoms with Gasteiger partial charge in [0.2, 0.25) is 0 Å². The first-order valence-electron chi connectivity index (χ1n) is 7.18.